The second kappa shape index (κ2) is 15.7. The third kappa shape index (κ3) is 7.67. The van der Waals surface area contributed by atoms with E-state index in [1.165, 1.54) is 90.7 Å². The summed E-state index contributed by atoms with van der Waals surface area (Å²) in [5, 5.41) is 3.50. The molecule has 4 aliphatic rings. The van der Waals surface area contributed by atoms with E-state index >= 15 is 0 Å². The van der Waals surface area contributed by atoms with Crippen LogP contribution < -0.4 is 5.32 Å². The van der Waals surface area contributed by atoms with Crippen molar-refractivity contribution in [3.63, 3.8) is 0 Å². The first-order valence-corrected chi connectivity index (χ1v) is 16.4. The van der Waals surface area contributed by atoms with E-state index in [-0.39, 0.29) is 38.5 Å². The molecule has 5 unspecified atom stereocenters. The number of anilines is 1. The summed E-state index contributed by atoms with van der Waals surface area (Å²) < 4.78 is 0. The maximum atomic E-state index is 4.05. The van der Waals surface area contributed by atoms with E-state index in [4.69, 9.17) is 0 Å². The van der Waals surface area contributed by atoms with E-state index in [1.807, 2.05) is 6.08 Å². The third-order valence-corrected chi connectivity index (χ3v) is 10.9. The zero-order chi connectivity index (χ0) is 29.3. The van der Waals surface area contributed by atoms with Gasteiger partial charge in [0.25, 0.3) is 0 Å². The van der Waals surface area contributed by atoms with Crippen molar-refractivity contribution in [1.29, 1.82) is 0 Å². The molecule has 1 heterocycles. The van der Waals surface area contributed by atoms with Gasteiger partial charge < -0.3 is 17.6 Å². The fourth-order valence-corrected chi connectivity index (χ4v) is 8.28. The van der Waals surface area contributed by atoms with Gasteiger partial charge in [0.05, 0.1) is 0 Å². The Morgan fingerprint density at radius 1 is 1.21 bits per heavy atom. The van der Waals surface area contributed by atoms with Crippen molar-refractivity contribution < 1.29 is 31.1 Å². The first-order valence-electron chi connectivity index (χ1n) is 16.4. The van der Waals surface area contributed by atoms with Crippen molar-refractivity contribution >= 4 is 11.3 Å². The van der Waals surface area contributed by atoms with Crippen LogP contribution in [0.2, 0.25) is 0 Å². The number of allylic oxidation sites excluding steroid dienone is 7. The molecule has 0 bridgehead atoms. The van der Waals surface area contributed by atoms with Crippen LogP contribution in [-0.2, 0) is 6.42 Å². The maximum Gasteiger partial charge on any atom is 2.00 e. The van der Waals surface area contributed by atoms with Crippen LogP contribution in [0.5, 0.6) is 0 Å². The van der Waals surface area contributed by atoms with Crippen molar-refractivity contribution in [2.75, 3.05) is 25.5 Å². The van der Waals surface area contributed by atoms with E-state index in [2.05, 4.69) is 101 Å². The van der Waals surface area contributed by atoms with E-state index in [9.17, 15) is 0 Å². The predicted octanol–water partition coefficient (Wildman–Crippen LogP) is 10.0. The van der Waals surface area contributed by atoms with Crippen LogP contribution in [0.3, 0.4) is 0 Å². The molecule has 3 aliphatic carbocycles. The Labute approximate surface area is 288 Å². The second-order valence-corrected chi connectivity index (χ2v) is 13.7. The fourth-order valence-electron chi connectivity index (χ4n) is 8.28. The molecule has 230 valence electrons. The number of hydrogen-bond acceptors (Lipinski definition) is 2. The Kier molecular flexibility index (Phi) is 13.1. The molecule has 0 spiro atoms. The topological polar surface area (TPSA) is 15.3 Å². The van der Waals surface area contributed by atoms with Gasteiger partial charge in [-0.3, -0.25) is 0 Å². The molecular formula is C40H56N2U. The normalized spacial score (nSPS) is 27.6. The standard InChI is InChI=1S/C39H53N2.CH3.U/c1-9-34-26(4)20-38(29(7)28(34)6)31-16-17-32(39(23-31)40-8)22-30-18-19-41(27(5)21-30)24-33-12-10-15-37-35(25(2)3)13-11-14-36(33)37;;/h9-10,15-16,23,25,27,30,33-35,40H,1,11-14,18-19,21-22,24H2,2-8H3;1H3;/q2*-1;+2. The average molecular weight is 803 g/mol. The van der Waals surface area contributed by atoms with Crippen molar-refractivity contribution in [2.24, 2.45) is 29.6 Å². The summed E-state index contributed by atoms with van der Waals surface area (Å²) in [6.45, 7) is 20.4. The summed E-state index contributed by atoms with van der Waals surface area (Å²) in [5.41, 5.74) is 16.1. The third-order valence-electron chi connectivity index (χ3n) is 10.9. The fraction of sp³-hybridized carbons (Fsp3) is 0.550. The molecule has 1 aliphatic heterocycles. The van der Waals surface area contributed by atoms with Crippen molar-refractivity contribution in [1.82, 2.24) is 4.90 Å². The first-order chi connectivity index (χ1) is 19.7. The molecule has 1 aromatic rings. The molecule has 0 aromatic heterocycles. The number of likely N-dealkylation sites (tertiary alicyclic amines) is 1. The molecule has 1 saturated heterocycles. The maximum absolute atomic E-state index is 4.05. The minimum absolute atomic E-state index is 0. The molecule has 1 N–H and O–H groups in total. The number of nitrogens with zero attached hydrogens (tertiary/aromatic N) is 1. The molecule has 3 heteroatoms. The van der Waals surface area contributed by atoms with Gasteiger partial charge in [0.1, 0.15) is 0 Å². The van der Waals surface area contributed by atoms with E-state index in [0.717, 1.165) is 24.2 Å². The molecule has 0 amide bonds. The first kappa shape index (κ1) is 36.0. The van der Waals surface area contributed by atoms with Gasteiger partial charge in [-0.15, -0.1) is 29.5 Å². The largest absolute Gasteiger partial charge is 2.00 e. The van der Waals surface area contributed by atoms with Crippen LogP contribution >= 0.6 is 0 Å². The van der Waals surface area contributed by atoms with Gasteiger partial charge in [0.2, 0.25) is 0 Å². The van der Waals surface area contributed by atoms with Gasteiger partial charge >= 0.3 is 31.1 Å². The summed E-state index contributed by atoms with van der Waals surface area (Å²) in [6, 6.07) is 8.87. The van der Waals surface area contributed by atoms with E-state index in [0.29, 0.717) is 17.9 Å². The number of nitrogens with one attached hydrogen (secondary N) is 1. The molecule has 0 radical (unpaired) electrons. The van der Waals surface area contributed by atoms with Gasteiger partial charge in [-0.2, -0.15) is 12.1 Å². The summed E-state index contributed by atoms with van der Waals surface area (Å²) in [4.78, 5) is 2.81. The number of rotatable bonds is 8. The zero-order valence-corrected chi connectivity index (χ0v) is 32.5. The Bertz CT molecular complexity index is 1320. The Hall–Kier alpha value is -1.49. The molecule has 1 aromatic carbocycles. The van der Waals surface area contributed by atoms with E-state index in [1.54, 1.807) is 11.1 Å². The zero-order valence-electron chi connectivity index (χ0n) is 28.4. The average Bonchev–Trinajstić information content (AvgIpc) is 2.96. The summed E-state index contributed by atoms with van der Waals surface area (Å²) in [7, 11) is 2.05. The smallest absolute Gasteiger partial charge is 0.439 e. The monoisotopic (exact) mass is 802 g/mol. The molecule has 5 rings (SSSR count). The minimum Gasteiger partial charge on any atom is -0.439 e. The Morgan fingerprint density at radius 2 is 1.98 bits per heavy atom. The summed E-state index contributed by atoms with van der Waals surface area (Å²) >= 11 is 0. The van der Waals surface area contributed by atoms with Gasteiger partial charge in [0, 0.05) is 18.5 Å². The van der Waals surface area contributed by atoms with Gasteiger partial charge in [-0.25, -0.2) is 0 Å². The number of benzene rings is 1. The number of hydrogen-bond donors (Lipinski definition) is 1. The molecular weight excluding hydrogens is 746 g/mol. The second-order valence-electron chi connectivity index (χ2n) is 13.7. The van der Waals surface area contributed by atoms with Crippen LogP contribution in [0.15, 0.2) is 70.5 Å². The van der Waals surface area contributed by atoms with E-state index < -0.39 is 0 Å². The molecule has 0 saturated carbocycles. The van der Waals surface area contributed by atoms with Crippen LogP contribution in [0, 0.1) is 74.2 Å². The van der Waals surface area contributed by atoms with Crippen molar-refractivity contribution in [3.05, 3.63) is 95.2 Å². The summed E-state index contributed by atoms with van der Waals surface area (Å²) in [6.07, 6.45) is 16.0. The molecule has 2 nitrogen and oxygen atoms in total. The minimum atomic E-state index is 0. The van der Waals surface area contributed by atoms with Gasteiger partial charge in [-0.1, -0.05) is 48.9 Å². The number of piperidine rings is 1. The quantitative estimate of drug-likeness (QED) is 0.160. The van der Waals surface area contributed by atoms with Gasteiger partial charge in [0.15, 0.2) is 0 Å². The van der Waals surface area contributed by atoms with Gasteiger partial charge in [-0.05, 0) is 132 Å². The van der Waals surface area contributed by atoms with Crippen LogP contribution in [0.1, 0.15) is 91.2 Å². The van der Waals surface area contributed by atoms with Crippen LogP contribution in [0.4, 0.5) is 5.69 Å². The SMILES string of the molecule is C=CC1C(C)=C=C(c2c[c-]c(CC3CCN(CC4CC=CC5=C4CCCC5C(C)C)C(C)C3)c(NC)c2)C(C)=C1C.[CH3-].[U+2]. The Balaban J connectivity index is 0.00000253. The predicted molar refractivity (Wildman–Crippen MR) is 183 cm³/mol. The van der Waals surface area contributed by atoms with Crippen LogP contribution in [0.25, 0.3) is 5.57 Å². The summed E-state index contributed by atoms with van der Waals surface area (Å²) in [5.74, 6) is 3.26. The Morgan fingerprint density at radius 3 is 2.65 bits per heavy atom. The molecule has 5 atom stereocenters. The van der Waals surface area contributed by atoms with Crippen molar-refractivity contribution in [3.8, 4) is 0 Å². The molecule has 1 fully saturated rings. The molecule has 43 heavy (non-hydrogen) atoms. The van der Waals surface area contributed by atoms with Crippen molar-refractivity contribution in [2.45, 2.75) is 92.5 Å². The van der Waals surface area contributed by atoms with Crippen LogP contribution in [-0.4, -0.2) is 31.1 Å².